The Labute approximate surface area is 139 Å². The van der Waals surface area contributed by atoms with Crippen molar-refractivity contribution < 1.29 is 18.7 Å². The van der Waals surface area contributed by atoms with Crippen LogP contribution in [0.15, 0.2) is 42.5 Å². The molecule has 2 aromatic rings. The van der Waals surface area contributed by atoms with Gasteiger partial charge in [-0.05, 0) is 48.7 Å². The zero-order chi connectivity index (χ0) is 17.3. The van der Waals surface area contributed by atoms with Crippen LogP contribution in [-0.4, -0.2) is 35.1 Å². The summed E-state index contributed by atoms with van der Waals surface area (Å²) in [5.74, 6) is -1.27. The minimum absolute atomic E-state index is 0.0205. The van der Waals surface area contributed by atoms with Gasteiger partial charge in [0.15, 0.2) is 0 Å². The Morgan fingerprint density at radius 2 is 1.83 bits per heavy atom. The fraction of sp³-hybridized carbons (Fsp3) is 0.316. The maximum atomic E-state index is 14.4. The highest BCUT2D eigenvalue weighted by Gasteiger charge is 2.30. The predicted molar refractivity (Wildman–Crippen MR) is 87.5 cm³/mol. The minimum Gasteiger partial charge on any atom is -0.393 e. The average molecular weight is 331 g/mol. The van der Waals surface area contributed by atoms with E-state index in [-0.39, 0.29) is 23.2 Å². The van der Waals surface area contributed by atoms with Crippen LogP contribution in [0, 0.1) is 17.6 Å². The molecule has 1 aliphatic heterocycles. The Morgan fingerprint density at radius 1 is 1.17 bits per heavy atom. The lowest BCUT2D eigenvalue weighted by Gasteiger charge is -2.18. The summed E-state index contributed by atoms with van der Waals surface area (Å²) in [6.07, 6.45) is 0.243. The molecule has 1 N–H and O–H groups in total. The molecule has 3 rings (SSSR count). The molecule has 2 atom stereocenters. The molecule has 0 aromatic heterocycles. The van der Waals surface area contributed by atoms with E-state index in [9.17, 15) is 18.7 Å². The summed E-state index contributed by atoms with van der Waals surface area (Å²) >= 11 is 0. The van der Waals surface area contributed by atoms with Crippen molar-refractivity contribution in [2.45, 2.75) is 19.4 Å². The summed E-state index contributed by atoms with van der Waals surface area (Å²) in [5, 5.41) is 9.62. The van der Waals surface area contributed by atoms with Gasteiger partial charge in [0.05, 0.1) is 11.7 Å². The van der Waals surface area contributed by atoms with Crippen molar-refractivity contribution in [1.82, 2.24) is 4.90 Å². The third-order valence-electron chi connectivity index (χ3n) is 4.57. The Hall–Kier alpha value is -2.27. The number of hydrogen-bond donors (Lipinski definition) is 1. The number of aliphatic hydroxyl groups is 1. The monoisotopic (exact) mass is 331 g/mol. The molecule has 5 heteroatoms. The second-order valence-electron chi connectivity index (χ2n) is 6.24. The number of halogens is 2. The van der Waals surface area contributed by atoms with E-state index in [1.807, 2.05) is 0 Å². The first-order chi connectivity index (χ1) is 11.5. The molecule has 0 bridgehead atoms. The highest BCUT2D eigenvalue weighted by molar-refractivity contribution is 5.95. The maximum Gasteiger partial charge on any atom is 0.256 e. The van der Waals surface area contributed by atoms with E-state index >= 15 is 0 Å². The highest BCUT2D eigenvalue weighted by atomic mass is 19.1. The van der Waals surface area contributed by atoms with Gasteiger partial charge in [-0.25, -0.2) is 8.78 Å². The fourth-order valence-corrected chi connectivity index (χ4v) is 3.05. The van der Waals surface area contributed by atoms with Crippen LogP contribution in [0.25, 0.3) is 11.1 Å². The first-order valence-corrected chi connectivity index (χ1v) is 7.98. The quantitative estimate of drug-likeness (QED) is 0.935. The van der Waals surface area contributed by atoms with E-state index < -0.39 is 11.9 Å². The van der Waals surface area contributed by atoms with Crippen LogP contribution in [0.4, 0.5) is 8.78 Å². The van der Waals surface area contributed by atoms with Crippen LogP contribution in [0.1, 0.15) is 23.7 Å². The van der Waals surface area contributed by atoms with E-state index in [2.05, 4.69) is 0 Å². The van der Waals surface area contributed by atoms with Gasteiger partial charge in [0.2, 0.25) is 0 Å². The first kappa shape index (κ1) is 16.6. The third kappa shape index (κ3) is 3.31. The van der Waals surface area contributed by atoms with Gasteiger partial charge in [-0.15, -0.1) is 0 Å². The van der Waals surface area contributed by atoms with Crippen molar-refractivity contribution in [3.8, 4) is 11.1 Å². The highest BCUT2D eigenvalue weighted by Crippen LogP contribution is 2.25. The van der Waals surface area contributed by atoms with E-state index in [0.717, 1.165) is 6.42 Å². The molecule has 2 unspecified atom stereocenters. The summed E-state index contributed by atoms with van der Waals surface area (Å²) < 4.78 is 27.4. The molecular formula is C19H19F2NO2. The van der Waals surface area contributed by atoms with Crippen LogP contribution in [-0.2, 0) is 0 Å². The van der Waals surface area contributed by atoms with Crippen LogP contribution in [0.2, 0.25) is 0 Å². The average Bonchev–Trinajstić information content (AvgIpc) is 3.05. The number of rotatable bonds is 3. The molecule has 1 fully saturated rings. The number of hydrogen-bond acceptors (Lipinski definition) is 2. The van der Waals surface area contributed by atoms with E-state index in [1.54, 1.807) is 30.0 Å². The van der Waals surface area contributed by atoms with Crippen molar-refractivity contribution >= 4 is 5.91 Å². The maximum absolute atomic E-state index is 14.4. The second-order valence-corrected chi connectivity index (χ2v) is 6.24. The van der Waals surface area contributed by atoms with Crippen LogP contribution in [0.5, 0.6) is 0 Å². The van der Waals surface area contributed by atoms with Crippen LogP contribution < -0.4 is 0 Å². The van der Waals surface area contributed by atoms with Gasteiger partial charge in [0, 0.05) is 19.0 Å². The number of benzene rings is 2. The molecule has 24 heavy (non-hydrogen) atoms. The van der Waals surface area contributed by atoms with Crippen LogP contribution >= 0.6 is 0 Å². The van der Waals surface area contributed by atoms with Crippen molar-refractivity contribution in [3.05, 3.63) is 59.7 Å². The summed E-state index contributed by atoms with van der Waals surface area (Å²) in [6, 6.07) is 10.2. The molecule has 1 amide bonds. The second kappa shape index (κ2) is 6.69. The molecule has 0 aliphatic carbocycles. The lowest BCUT2D eigenvalue weighted by Crippen LogP contribution is -2.31. The Bertz CT molecular complexity index is 744. The number of amides is 1. The van der Waals surface area contributed by atoms with Gasteiger partial charge in [0.1, 0.15) is 11.6 Å². The zero-order valence-corrected chi connectivity index (χ0v) is 13.4. The van der Waals surface area contributed by atoms with Gasteiger partial charge in [-0.1, -0.05) is 18.2 Å². The van der Waals surface area contributed by atoms with Gasteiger partial charge < -0.3 is 10.0 Å². The summed E-state index contributed by atoms with van der Waals surface area (Å²) in [6.45, 7) is 2.67. The Kier molecular flexibility index (Phi) is 4.62. The van der Waals surface area contributed by atoms with Gasteiger partial charge >= 0.3 is 0 Å². The summed E-state index contributed by atoms with van der Waals surface area (Å²) in [5.41, 5.74) is 1.30. The number of carbonyl (C=O) groups is 1. The van der Waals surface area contributed by atoms with Gasteiger partial charge in [-0.3, -0.25) is 4.79 Å². The largest absolute Gasteiger partial charge is 0.393 e. The number of likely N-dealkylation sites (tertiary alicyclic amines) is 1. The minimum atomic E-state index is -0.595. The molecule has 2 aromatic carbocycles. The summed E-state index contributed by atoms with van der Waals surface area (Å²) in [4.78, 5) is 14.1. The molecular weight excluding hydrogens is 312 g/mol. The molecule has 0 spiro atoms. The topological polar surface area (TPSA) is 40.5 Å². The number of aliphatic hydroxyl groups excluding tert-OH is 1. The molecule has 0 radical (unpaired) electrons. The van der Waals surface area contributed by atoms with Crippen molar-refractivity contribution in [3.63, 3.8) is 0 Å². The van der Waals surface area contributed by atoms with Gasteiger partial charge in [-0.2, -0.15) is 0 Å². The Balaban J connectivity index is 1.80. The molecule has 3 nitrogen and oxygen atoms in total. The predicted octanol–water partition coefficient (Wildman–Crippen LogP) is 3.47. The summed E-state index contributed by atoms with van der Waals surface area (Å²) in [7, 11) is 0. The molecule has 1 saturated heterocycles. The molecule has 1 heterocycles. The number of carbonyl (C=O) groups excluding carboxylic acids is 1. The van der Waals surface area contributed by atoms with Crippen LogP contribution in [0.3, 0.4) is 0 Å². The third-order valence-corrected chi connectivity index (χ3v) is 4.57. The molecule has 0 saturated carbocycles. The van der Waals surface area contributed by atoms with E-state index in [0.29, 0.717) is 24.2 Å². The lowest BCUT2D eigenvalue weighted by atomic mass is 10.0. The zero-order valence-electron chi connectivity index (χ0n) is 13.4. The van der Waals surface area contributed by atoms with Crippen molar-refractivity contribution in [2.24, 2.45) is 5.92 Å². The standard InChI is InChI=1S/C19H19F2NO2/c1-12(23)15-8-9-22(11-15)19(24)17-7-4-14(10-18(17)21)13-2-5-16(20)6-3-13/h2-7,10,12,15,23H,8-9,11H2,1H3. The van der Waals surface area contributed by atoms with E-state index in [4.69, 9.17) is 0 Å². The molecule has 1 aliphatic rings. The van der Waals surface area contributed by atoms with Crippen molar-refractivity contribution in [1.29, 1.82) is 0 Å². The fourth-order valence-electron chi connectivity index (χ4n) is 3.05. The SMILES string of the molecule is CC(O)C1CCN(C(=O)c2ccc(-c3ccc(F)cc3)cc2F)C1. The normalized spacial score (nSPS) is 18.7. The van der Waals surface area contributed by atoms with Crippen molar-refractivity contribution in [2.75, 3.05) is 13.1 Å². The van der Waals surface area contributed by atoms with E-state index in [1.165, 1.54) is 24.3 Å². The first-order valence-electron chi connectivity index (χ1n) is 7.98. The molecule has 126 valence electrons. The number of nitrogens with zero attached hydrogens (tertiary/aromatic N) is 1. The van der Waals surface area contributed by atoms with Gasteiger partial charge in [0.25, 0.3) is 5.91 Å². The lowest BCUT2D eigenvalue weighted by molar-refractivity contribution is 0.0758. The smallest absolute Gasteiger partial charge is 0.256 e. The Morgan fingerprint density at radius 3 is 2.42 bits per heavy atom.